The topological polar surface area (TPSA) is 84.9 Å². The number of unbranched alkanes of at least 4 members (excludes halogenated alkanes) is 3. The van der Waals surface area contributed by atoms with E-state index in [0.29, 0.717) is 6.42 Å². The number of carboxylic acid groups (broad SMARTS) is 1. The molecule has 0 bridgehead atoms. The van der Waals surface area contributed by atoms with Crippen molar-refractivity contribution in [3.05, 3.63) is 0 Å². The summed E-state index contributed by atoms with van der Waals surface area (Å²) in [5.41, 5.74) is -0.551. The van der Waals surface area contributed by atoms with E-state index in [9.17, 15) is 14.7 Å². The number of carbonyl (C=O) groups excluding carboxylic acids is 1. The summed E-state index contributed by atoms with van der Waals surface area (Å²) in [6, 6.07) is -0.253. The number of carbonyl (C=O) groups is 2. The van der Waals surface area contributed by atoms with Crippen molar-refractivity contribution in [2.75, 3.05) is 6.61 Å². The van der Waals surface area contributed by atoms with Gasteiger partial charge in [0.1, 0.15) is 5.60 Å². The highest BCUT2D eigenvalue weighted by Gasteiger charge is 2.25. The van der Waals surface area contributed by atoms with Crippen LogP contribution in [0.15, 0.2) is 0 Å². The molecule has 1 amide bonds. The van der Waals surface area contributed by atoms with E-state index in [1.54, 1.807) is 34.6 Å². The van der Waals surface area contributed by atoms with Crippen LogP contribution >= 0.6 is 0 Å². The Morgan fingerprint density at radius 2 is 1.75 bits per heavy atom. The standard InChI is InChI=1S/C18H35NO5/c1-7-8-9-10-11-15(16(20)21)14(3)23-12-13(2)19-17(22)24-18(4,5)6/h13-15H,7-12H2,1-6H3,(H,19,22)(H,20,21). The summed E-state index contributed by atoms with van der Waals surface area (Å²) in [5, 5.41) is 12.1. The van der Waals surface area contributed by atoms with Crippen LogP contribution in [0.4, 0.5) is 4.79 Å². The van der Waals surface area contributed by atoms with Crippen LogP contribution in [0, 0.1) is 5.92 Å². The number of ether oxygens (including phenoxy) is 2. The van der Waals surface area contributed by atoms with E-state index < -0.39 is 29.7 Å². The van der Waals surface area contributed by atoms with Gasteiger partial charge in [0.05, 0.1) is 24.7 Å². The smallest absolute Gasteiger partial charge is 0.407 e. The van der Waals surface area contributed by atoms with Gasteiger partial charge in [-0.15, -0.1) is 0 Å². The second-order valence-corrected chi connectivity index (χ2v) is 7.38. The van der Waals surface area contributed by atoms with Crippen LogP contribution in [0.2, 0.25) is 0 Å². The van der Waals surface area contributed by atoms with Crippen LogP contribution in [-0.2, 0) is 14.3 Å². The molecule has 0 fully saturated rings. The second-order valence-electron chi connectivity index (χ2n) is 7.38. The number of rotatable bonds is 11. The Morgan fingerprint density at radius 1 is 1.12 bits per heavy atom. The Balaban J connectivity index is 4.23. The van der Waals surface area contributed by atoms with Gasteiger partial charge in [0.2, 0.25) is 0 Å². The Labute approximate surface area is 146 Å². The largest absolute Gasteiger partial charge is 0.481 e. The molecular formula is C18H35NO5. The van der Waals surface area contributed by atoms with E-state index >= 15 is 0 Å². The number of nitrogens with one attached hydrogen (secondary N) is 1. The fraction of sp³-hybridized carbons (Fsp3) is 0.889. The Morgan fingerprint density at radius 3 is 2.25 bits per heavy atom. The van der Waals surface area contributed by atoms with Gasteiger partial charge in [-0.1, -0.05) is 32.6 Å². The van der Waals surface area contributed by atoms with E-state index in [1.165, 1.54) is 0 Å². The molecule has 0 aromatic carbocycles. The minimum absolute atomic E-state index is 0.249. The molecule has 24 heavy (non-hydrogen) atoms. The zero-order chi connectivity index (χ0) is 18.8. The van der Waals surface area contributed by atoms with Gasteiger partial charge in [-0.25, -0.2) is 4.79 Å². The highest BCUT2D eigenvalue weighted by molar-refractivity contribution is 5.70. The molecule has 0 aromatic heterocycles. The Kier molecular flexibility index (Phi) is 10.7. The molecule has 3 unspecified atom stereocenters. The molecule has 0 rings (SSSR count). The summed E-state index contributed by atoms with van der Waals surface area (Å²) < 4.78 is 10.8. The predicted molar refractivity (Wildman–Crippen MR) is 94.1 cm³/mol. The van der Waals surface area contributed by atoms with Crippen LogP contribution in [0.5, 0.6) is 0 Å². The van der Waals surface area contributed by atoms with Gasteiger partial charge in [-0.05, 0) is 41.0 Å². The van der Waals surface area contributed by atoms with Gasteiger partial charge in [0.25, 0.3) is 0 Å². The minimum atomic E-state index is -0.827. The normalized spacial score (nSPS) is 15.4. The molecular weight excluding hydrogens is 310 g/mol. The first-order valence-electron chi connectivity index (χ1n) is 8.90. The average molecular weight is 345 g/mol. The van der Waals surface area contributed by atoms with Crippen molar-refractivity contribution < 1.29 is 24.2 Å². The number of alkyl carbamates (subject to hydrolysis) is 1. The fourth-order valence-electron chi connectivity index (χ4n) is 2.31. The van der Waals surface area contributed by atoms with Gasteiger partial charge in [-0.2, -0.15) is 0 Å². The summed E-state index contributed by atoms with van der Waals surface area (Å²) in [6.07, 6.45) is 3.90. The van der Waals surface area contributed by atoms with Crippen LogP contribution in [0.25, 0.3) is 0 Å². The summed E-state index contributed by atoms with van der Waals surface area (Å²) in [4.78, 5) is 23.1. The first-order valence-corrected chi connectivity index (χ1v) is 8.90. The third-order valence-electron chi connectivity index (χ3n) is 3.62. The van der Waals surface area contributed by atoms with Crippen molar-refractivity contribution in [2.45, 2.75) is 91.4 Å². The van der Waals surface area contributed by atoms with E-state index in [2.05, 4.69) is 12.2 Å². The molecule has 0 aromatic rings. The summed E-state index contributed by atoms with van der Waals surface area (Å²) >= 11 is 0. The van der Waals surface area contributed by atoms with Gasteiger partial charge in [0.15, 0.2) is 0 Å². The van der Waals surface area contributed by atoms with Gasteiger partial charge in [0, 0.05) is 0 Å². The maximum absolute atomic E-state index is 11.7. The summed E-state index contributed by atoms with van der Waals surface area (Å²) in [5.74, 6) is -1.35. The van der Waals surface area contributed by atoms with E-state index in [4.69, 9.17) is 9.47 Å². The second kappa shape index (κ2) is 11.3. The molecule has 3 atom stereocenters. The lowest BCUT2D eigenvalue weighted by Gasteiger charge is -2.24. The van der Waals surface area contributed by atoms with E-state index in [1.807, 2.05) is 0 Å². The van der Waals surface area contributed by atoms with Crippen LogP contribution in [0.1, 0.15) is 73.6 Å². The Hall–Kier alpha value is -1.30. The zero-order valence-corrected chi connectivity index (χ0v) is 16.1. The summed E-state index contributed by atoms with van der Waals surface area (Å²) in [6.45, 7) is 11.3. The molecule has 6 heteroatoms. The molecule has 0 aliphatic rings. The molecule has 6 nitrogen and oxygen atoms in total. The lowest BCUT2D eigenvalue weighted by atomic mass is 9.96. The predicted octanol–water partition coefficient (Wildman–Crippen LogP) is 3.98. The molecule has 0 spiro atoms. The average Bonchev–Trinajstić information content (AvgIpc) is 2.42. The Bertz CT molecular complexity index is 378. The van der Waals surface area contributed by atoms with Gasteiger partial charge >= 0.3 is 12.1 Å². The third-order valence-corrected chi connectivity index (χ3v) is 3.62. The number of amides is 1. The summed E-state index contributed by atoms with van der Waals surface area (Å²) in [7, 11) is 0. The molecule has 0 aliphatic carbocycles. The molecule has 0 saturated carbocycles. The molecule has 2 N–H and O–H groups in total. The highest BCUT2D eigenvalue weighted by atomic mass is 16.6. The monoisotopic (exact) mass is 345 g/mol. The van der Waals surface area contributed by atoms with Gasteiger partial charge in [-0.3, -0.25) is 4.79 Å². The van der Waals surface area contributed by atoms with Crippen LogP contribution in [-0.4, -0.2) is 41.5 Å². The number of carboxylic acids is 1. The number of hydrogen-bond donors (Lipinski definition) is 2. The molecule has 0 saturated heterocycles. The molecule has 0 aliphatic heterocycles. The SMILES string of the molecule is CCCCCCC(C(=O)O)C(C)OCC(C)NC(=O)OC(C)(C)C. The van der Waals surface area contributed by atoms with Crippen molar-refractivity contribution in [1.82, 2.24) is 5.32 Å². The van der Waals surface area contributed by atoms with Gasteiger partial charge < -0.3 is 19.9 Å². The highest BCUT2D eigenvalue weighted by Crippen LogP contribution is 2.18. The van der Waals surface area contributed by atoms with Crippen molar-refractivity contribution in [1.29, 1.82) is 0 Å². The van der Waals surface area contributed by atoms with Crippen molar-refractivity contribution in [3.8, 4) is 0 Å². The molecule has 142 valence electrons. The quantitative estimate of drug-likeness (QED) is 0.553. The number of hydrogen-bond acceptors (Lipinski definition) is 4. The van der Waals surface area contributed by atoms with Crippen LogP contribution in [0.3, 0.4) is 0 Å². The minimum Gasteiger partial charge on any atom is -0.481 e. The lowest BCUT2D eigenvalue weighted by molar-refractivity contribution is -0.147. The zero-order valence-electron chi connectivity index (χ0n) is 16.1. The first kappa shape index (κ1) is 22.7. The van der Waals surface area contributed by atoms with Crippen molar-refractivity contribution >= 4 is 12.1 Å². The molecule has 0 heterocycles. The van der Waals surface area contributed by atoms with E-state index in [-0.39, 0.29) is 12.6 Å². The van der Waals surface area contributed by atoms with Crippen LogP contribution < -0.4 is 5.32 Å². The third kappa shape index (κ3) is 11.3. The lowest BCUT2D eigenvalue weighted by Crippen LogP contribution is -2.41. The van der Waals surface area contributed by atoms with E-state index in [0.717, 1.165) is 25.7 Å². The van der Waals surface area contributed by atoms with Crippen molar-refractivity contribution in [3.63, 3.8) is 0 Å². The maximum atomic E-state index is 11.7. The fourth-order valence-corrected chi connectivity index (χ4v) is 2.31. The molecule has 0 radical (unpaired) electrons. The van der Waals surface area contributed by atoms with Crippen molar-refractivity contribution in [2.24, 2.45) is 5.92 Å². The number of aliphatic carboxylic acids is 1. The first-order chi connectivity index (χ1) is 11.1. The maximum Gasteiger partial charge on any atom is 0.407 e.